The molecule has 3 rings (SSSR count). The van der Waals surface area contributed by atoms with E-state index in [0.717, 1.165) is 31.4 Å². The van der Waals surface area contributed by atoms with Crippen LogP contribution in [-0.2, 0) is 27.2 Å². The Morgan fingerprint density at radius 1 is 1.10 bits per heavy atom. The topological polar surface area (TPSA) is 59.6 Å². The molecule has 3 atom stereocenters. The number of hydrogen-bond acceptors (Lipinski definition) is 4. The van der Waals surface area contributed by atoms with Gasteiger partial charge in [0.15, 0.2) is 6.29 Å². The Bertz CT molecular complexity index is 819. The van der Waals surface area contributed by atoms with Crippen LogP contribution in [0.5, 0.6) is 0 Å². The van der Waals surface area contributed by atoms with Gasteiger partial charge in [-0.05, 0) is 36.1 Å². The summed E-state index contributed by atoms with van der Waals surface area (Å²) in [5, 5.41) is 7.51. The van der Waals surface area contributed by atoms with Crippen LogP contribution in [0.2, 0.25) is 10.0 Å². The second-order valence-corrected chi connectivity index (χ2v) is 8.34. The number of halogens is 2. The van der Waals surface area contributed by atoms with E-state index >= 15 is 0 Å². The normalized spacial score (nSPS) is 21.4. The molecule has 0 spiro atoms. The third kappa shape index (κ3) is 7.25. The van der Waals surface area contributed by atoms with Gasteiger partial charge in [-0.2, -0.15) is 0 Å². The molecule has 2 N–H and O–H groups in total. The fourth-order valence-corrected chi connectivity index (χ4v) is 3.92. The molecular weight excluding hydrogens is 423 g/mol. The van der Waals surface area contributed by atoms with Crippen molar-refractivity contribution in [3.63, 3.8) is 0 Å². The molecule has 0 bridgehead atoms. The summed E-state index contributed by atoms with van der Waals surface area (Å²) in [6.45, 7) is 1.36. The first kappa shape index (κ1) is 23.0. The molecule has 2 aromatic rings. The van der Waals surface area contributed by atoms with Crippen LogP contribution in [0, 0.1) is 0 Å². The molecular formula is C23H28Cl2N2O3. The Hall–Kier alpha value is -1.63. The van der Waals surface area contributed by atoms with Crippen molar-refractivity contribution in [1.29, 1.82) is 0 Å². The number of nitrogens with one attached hydrogen (secondary N) is 2. The molecule has 0 radical (unpaired) electrons. The summed E-state index contributed by atoms with van der Waals surface area (Å²) >= 11 is 11.9. The quantitative estimate of drug-likeness (QED) is 0.595. The summed E-state index contributed by atoms with van der Waals surface area (Å²) in [4.78, 5) is 12.2. The van der Waals surface area contributed by atoms with E-state index in [1.165, 1.54) is 5.56 Å². The van der Waals surface area contributed by atoms with Gasteiger partial charge in [0.2, 0.25) is 5.91 Å². The maximum atomic E-state index is 12.2. The minimum Gasteiger partial charge on any atom is -0.356 e. The van der Waals surface area contributed by atoms with Crippen LogP contribution < -0.4 is 10.6 Å². The second kappa shape index (κ2) is 11.7. The molecule has 162 valence electrons. The van der Waals surface area contributed by atoms with E-state index in [1.807, 2.05) is 24.3 Å². The van der Waals surface area contributed by atoms with E-state index in [4.69, 9.17) is 32.7 Å². The maximum absolute atomic E-state index is 12.2. The summed E-state index contributed by atoms with van der Waals surface area (Å²) in [6, 6.07) is 15.9. The molecule has 0 saturated carbocycles. The van der Waals surface area contributed by atoms with Gasteiger partial charge in [-0.3, -0.25) is 4.79 Å². The van der Waals surface area contributed by atoms with Crippen molar-refractivity contribution in [1.82, 2.24) is 10.6 Å². The van der Waals surface area contributed by atoms with Crippen LogP contribution in [0.1, 0.15) is 30.4 Å². The van der Waals surface area contributed by atoms with Crippen molar-refractivity contribution in [2.45, 2.75) is 50.7 Å². The van der Waals surface area contributed by atoms with Crippen LogP contribution in [0.4, 0.5) is 0 Å². The van der Waals surface area contributed by atoms with Crippen molar-refractivity contribution < 1.29 is 14.3 Å². The van der Waals surface area contributed by atoms with Crippen molar-refractivity contribution >= 4 is 29.1 Å². The lowest BCUT2D eigenvalue weighted by Crippen LogP contribution is -2.44. The first-order valence-corrected chi connectivity index (χ1v) is 10.9. The zero-order valence-corrected chi connectivity index (χ0v) is 18.6. The van der Waals surface area contributed by atoms with Gasteiger partial charge in [-0.15, -0.1) is 0 Å². The van der Waals surface area contributed by atoms with Crippen LogP contribution >= 0.6 is 23.2 Å². The van der Waals surface area contributed by atoms with E-state index in [-0.39, 0.29) is 24.7 Å². The minimum atomic E-state index is -0.232. The first-order chi connectivity index (χ1) is 14.5. The van der Waals surface area contributed by atoms with Gasteiger partial charge in [0, 0.05) is 32.7 Å². The highest BCUT2D eigenvalue weighted by atomic mass is 35.5. The molecule has 1 aliphatic heterocycles. The SMILES string of the molecule is COC1C[C@@H](NCc2ccccc2)C[C@@H](CCNC(=O)Cc2ccc(Cl)c(Cl)c2)O1. The molecule has 5 nitrogen and oxygen atoms in total. The van der Waals surface area contributed by atoms with E-state index in [1.54, 1.807) is 19.2 Å². The average molecular weight is 451 g/mol. The fraction of sp³-hybridized carbons (Fsp3) is 0.435. The monoisotopic (exact) mass is 450 g/mol. The fourth-order valence-electron chi connectivity index (χ4n) is 3.60. The van der Waals surface area contributed by atoms with E-state index in [9.17, 15) is 4.79 Å². The molecule has 0 aliphatic carbocycles. The summed E-state index contributed by atoms with van der Waals surface area (Å²) in [5.74, 6) is -0.0498. The highest BCUT2D eigenvalue weighted by molar-refractivity contribution is 6.42. The number of carbonyl (C=O) groups excluding carboxylic acids is 1. The molecule has 0 aromatic heterocycles. The van der Waals surface area contributed by atoms with Gasteiger partial charge in [-0.1, -0.05) is 59.6 Å². The highest BCUT2D eigenvalue weighted by Crippen LogP contribution is 2.24. The van der Waals surface area contributed by atoms with Gasteiger partial charge in [0.1, 0.15) is 0 Å². The molecule has 7 heteroatoms. The Labute approximate surface area is 188 Å². The lowest BCUT2D eigenvalue weighted by molar-refractivity contribution is -0.187. The molecule has 1 unspecified atom stereocenters. The summed E-state index contributed by atoms with van der Waals surface area (Å²) in [5.41, 5.74) is 2.09. The van der Waals surface area contributed by atoms with Crippen molar-refractivity contribution in [3.05, 3.63) is 69.7 Å². The number of hydrogen-bond donors (Lipinski definition) is 2. The van der Waals surface area contributed by atoms with Crippen molar-refractivity contribution in [2.75, 3.05) is 13.7 Å². The van der Waals surface area contributed by atoms with Crippen LogP contribution in [0.3, 0.4) is 0 Å². The van der Waals surface area contributed by atoms with Crippen molar-refractivity contribution in [2.24, 2.45) is 0 Å². The molecule has 1 fully saturated rings. The number of benzene rings is 2. The number of rotatable bonds is 9. The van der Waals surface area contributed by atoms with Crippen molar-refractivity contribution in [3.8, 4) is 0 Å². The molecule has 2 aromatic carbocycles. The molecule has 1 saturated heterocycles. The Morgan fingerprint density at radius 3 is 2.63 bits per heavy atom. The summed E-state index contributed by atoms with van der Waals surface area (Å²) in [6.07, 6.45) is 2.49. The Morgan fingerprint density at radius 2 is 1.90 bits per heavy atom. The van der Waals surface area contributed by atoms with Gasteiger partial charge < -0.3 is 20.1 Å². The van der Waals surface area contributed by atoms with E-state index < -0.39 is 0 Å². The van der Waals surface area contributed by atoms with Crippen LogP contribution in [0.15, 0.2) is 48.5 Å². The van der Waals surface area contributed by atoms with Gasteiger partial charge >= 0.3 is 0 Å². The number of amides is 1. The zero-order chi connectivity index (χ0) is 21.3. The van der Waals surface area contributed by atoms with E-state index in [2.05, 4.69) is 22.8 Å². The Kier molecular flexibility index (Phi) is 8.97. The molecule has 30 heavy (non-hydrogen) atoms. The third-order valence-electron chi connectivity index (χ3n) is 5.21. The minimum absolute atomic E-state index is 0.0299. The largest absolute Gasteiger partial charge is 0.356 e. The molecule has 1 heterocycles. The standard InChI is InChI=1S/C23H28Cl2N2O3/c1-29-23-14-18(27-15-16-5-3-2-4-6-16)13-19(30-23)9-10-26-22(28)12-17-7-8-20(24)21(25)11-17/h2-8,11,18-19,23,27H,9-10,12-15H2,1H3,(H,26,28)/t18-,19+,23?/m0/s1. The Balaban J connectivity index is 1.42. The summed E-state index contributed by atoms with van der Waals surface area (Å²) < 4.78 is 11.5. The number of ether oxygens (including phenoxy) is 2. The third-order valence-corrected chi connectivity index (χ3v) is 5.95. The van der Waals surface area contributed by atoms with Gasteiger partial charge in [0.05, 0.1) is 22.6 Å². The van der Waals surface area contributed by atoms with E-state index in [0.29, 0.717) is 22.6 Å². The van der Waals surface area contributed by atoms with Gasteiger partial charge in [0.25, 0.3) is 0 Å². The lowest BCUT2D eigenvalue weighted by atomic mass is 9.99. The predicted octanol–water partition coefficient (Wildman–Crippen LogP) is 4.35. The lowest BCUT2D eigenvalue weighted by Gasteiger charge is -2.35. The molecule has 1 amide bonds. The average Bonchev–Trinajstić information content (AvgIpc) is 2.75. The smallest absolute Gasteiger partial charge is 0.224 e. The number of methoxy groups -OCH3 is 1. The second-order valence-electron chi connectivity index (χ2n) is 7.52. The predicted molar refractivity (Wildman–Crippen MR) is 120 cm³/mol. The maximum Gasteiger partial charge on any atom is 0.224 e. The molecule has 1 aliphatic rings. The van der Waals surface area contributed by atoms with Crippen LogP contribution in [-0.4, -0.2) is 38.0 Å². The number of carbonyl (C=O) groups is 1. The highest BCUT2D eigenvalue weighted by Gasteiger charge is 2.29. The van der Waals surface area contributed by atoms with Crippen LogP contribution in [0.25, 0.3) is 0 Å². The summed E-state index contributed by atoms with van der Waals surface area (Å²) in [7, 11) is 1.67. The first-order valence-electron chi connectivity index (χ1n) is 10.2. The van der Waals surface area contributed by atoms with Gasteiger partial charge in [-0.25, -0.2) is 0 Å². The zero-order valence-electron chi connectivity index (χ0n) is 17.1.